The van der Waals surface area contributed by atoms with E-state index in [2.05, 4.69) is 48.5 Å². The number of aliphatic hydroxyl groups is 1. The van der Waals surface area contributed by atoms with Crippen LogP contribution in [-0.2, 0) is 0 Å². The van der Waals surface area contributed by atoms with Gasteiger partial charge in [-0.2, -0.15) is 0 Å². The van der Waals surface area contributed by atoms with Gasteiger partial charge < -0.3 is 5.11 Å². The fourth-order valence-corrected chi connectivity index (χ4v) is 4.31. The van der Waals surface area contributed by atoms with E-state index in [1.807, 2.05) is 0 Å². The molecule has 4 rings (SSSR count). The van der Waals surface area contributed by atoms with Crippen LogP contribution in [0.25, 0.3) is 11.1 Å². The Kier molecular flexibility index (Phi) is 3.31. The molecule has 1 nitrogen and oxygen atoms in total. The van der Waals surface area contributed by atoms with Crippen molar-refractivity contribution in [2.45, 2.75) is 44.1 Å². The molecule has 0 saturated heterocycles. The number of benzene rings is 2. The topological polar surface area (TPSA) is 20.2 Å². The summed E-state index contributed by atoms with van der Waals surface area (Å²) in [6.45, 7) is 0. The van der Waals surface area contributed by atoms with Gasteiger partial charge in [0.15, 0.2) is 0 Å². The molecule has 0 bridgehead atoms. The SMILES string of the molecule is O[C@H](C1CCCCC1)C1c2ccccc2-c2ccccc21. The van der Waals surface area contributed by atoms with Gasteiger partial charge in [0.1, 0.15) is 0 Å². The maximum Gasteiger partial charge on any atom is 0.0677 e. The molecule has 1 fully saturated rings. The molecule has 0 aliphatic heterocycles. The minimum absolute atomic E-state index is 0.167. The van der Waals surface area contributed by atoms with Crippen molar-refractivity contribution in [3.63, 3.8) is 0 Å². The molecule has 1 atom stereocenters. The van der Waals surface area contributed by atoms with Crippen molar-refractivity contribution in [3.8, 4) is 11.1 Å². The fourth-order valence-electron chi connectivity index (χ4n) is 4.31. The maximum atomic E-state index is 11.1. The summed E-state index contributed by atoms with van der Waals surface area (Å²) >= 11 is 0. The van der Waals surface area contributed by atoms with Crippen LogP contribution < -0.4 is 0 Å². The van der Waals surface area contributed by atoms with Crippen LogP contribution in [0.5, 0.6) is 0 Å². The molecule has 2 aliphatic rings. The van der Waals surface area contributed by atoms with Gasteiger partial charge in [-0.25, -0.2) is 0 Å². The smallest absolute Gasteiger partial charge is 0.0677 e. The summed E-state index contributed by atoms with van der Waals surface area (Å²) in [4.78, 5) is 0. The van der Waals surface area contributed by atoms with Gasteiger partial charge >= 0.3 is 0 Å². The first-order valence-corrected chi connectivity index (χ1v) is 8.22. The molecule has 0 heterocycles. The zero-order valence-electron chi connectivity index (χ0n) is 12.3. The Morgan fingerprint density at radius 3 is 1.86 bits per heavy atom. The van der Waals surface area contributed by atoms with Gasteiger partial charge in [-0.1, -0.05) is 67.8 Å². The lowest BCUT2D eigenvalue weighted by Crippen LogP contribution is -2.29. The zero-order valence-corrected chi connectivity index (χ0v) is 12.3. The van der Waals surface area contributed by atoms with E-state index in [-0.39, 0.29) is 12.0 Å². The van der Waals surface area contributed by atoms with Gasteiger partial charge in [-0.15, -0.1) is 0 Å². The zero-order chi connectivity index (χ0) is 14.2. The van der Waals surface area contributed by atoms with Crippen molar-refractivity contribution in [3.05, 3.63) is 59.7 Å². The number of hydrogen-bond donors (Lipinski definition) is 1. The predicted molar refractivity (Wildman–Crippen MR) is 86.3 cm³/mol. The summed E-state index contributed by atoms with van der Waals surface area (Å²) in [5.74, 6) is 0.628. The Balaban J connectivity index is 1.77. The molecule has 0 amide bonds. The van der Waals surface area contributed by atoms with Crippen LogP contribution in [0, 0.1) is 5.92 Å². The number of aliphatic hydroxyl groups excluding tert-OH is 1. The van der Waals surface area contributed by atoms with Crippen LogP contribution in [0.2, 0.25) is 0 Å². The third-order valence-corrected chi connectivity index (χ3v) is 5.36. The number of fused-ring (bicyclic) bond motifs is 3. The fraction of sp³-hybridized carbons (Fsp3) is 0.400. The molecule has 1 N–H and O–H groups in total. The van der Waals surface area contributed by atoms with Crippen LogP contribution in [0.4, 0.5) is 0 Å². The normalized spacial score (nSPS) is 20.0. The molecule has 1 saturated carbocycles. The highest BCUT2D eigenvalue weighted by molar-refractivity contribution is 5.79. The average Bonchev–Trinajstić information content (AvgIpc) is 2.90. The second-order valence-electron chi connectivity index (χ2n) is 6.54. The highest BCUT2D eigenvalue weighted by atomic mass is 16.3. The Hall–Kier alpha value is -1.60. The van der Waals surface area contributed by atoms with E-state index in [4.69, 9.17) is 0 Å². The summed E-state index contributed by atoms with van der Waals surface area (Å²) in [7, 11) is 0. The lowest BCUT2D eigenvalue weighted by Gasteiger charge is -2.31. The first kappa shape index (κ1) is 13.1. The Bertz CT molecular complexity index is 594. The molecular weight excluding hydrogens is 256 g/mol. The average molecular weight is 278 g/mol. The summed E-state index contributed by atoms with van der Waals surface area (Å²) in [5.41, 5.74) is 5.26. The van der Waals surface area contributed by atoms with Crippen molar-refractivity contribution in [2.24, 2.45) is 5.92 Å². The van der Waals surface area contributed by atoms with E-state index in [1.54, 1.807) is 0 Å². The molecular formula is C20H22O. The van der Waals surface area contributed by atoms with Crippen molar-refractivity contribution in [2.75, 3.05) is 0 Å². The molecule has 0 radical (unpaired) electrons. The molecule has 1 heteroatoms. The minimum atomic E-state index is -0.241. The summed E-state index contributed by atoms with van der Waals surface area (Å²) in [6.07, 6.45) is 6.01. The molecule has 2 aromatic carbocycles. The molecule has 0 unspecified atom stereocenters. The first-order chi connectivity index (χ1) is 10.4. The Morgan fingerprint density at radius 1 is 0.762 bits per heavy atom. The van der Waals surface area contributed by atoms with Gasteiger partial charge in [0, 0.05) is 5.92 Å². The minimum Gasteiger partial charge on any atom is -0.392 e. The van der Waals surface area contributed by atoms with Gasteiger partial charge in [0.05, 0.1) is 6.10 Å². The molecule has 0 aromatic heterocycles. The third kappa shape index (κ3) is 2.11. The van der Waals surface area contributed by atoms with Crippen LogP contribution in [-0.4, -0.2) is 11.2 Å². The van der Waals surface area contributed by atoms with Crippen LogP contribution in [0.1, 0.15) is 49.1 Å². The quantitative estimate of drug-likeness (QED) is 0.841. The van der Waals surface area contributed by atoms with Crippen LogP contribution >= 0.6 is 0 Å². The molecule has 21 heavy (non-hydrogen) atoms. The highest BCUT2D eigenvalue weighted by Gasteiger charge is 2.37. The maximum absolute atomic E-state index is 11.1. The molecule has 108 valence electrons. The van der Waals surface area contributed by atoms with Gasteiger partial charge in [-0.3, -0.25) is 0 Å². The van der Waals surface area contributed by atoms with Crippen molar-refractivity contribution in [1.29, 1.82) is 0 Å². The summed E-state index contributed by atoms with van der Waals surface area (Å²) in [5, 5.41) is 11.1. The third-order valence-electron chi connectivity index (χ3n) is 5.36. The standard InChI is InChI=1S/C20H22O/c21-20(14-8-2-1-3-9-14)19-17-12-6-4-10-15(17)16-11-5-7-13-18(16)19/h4-7,10-14,19-21H,1-3,8-9H2/t20-/m1/s1. The monoisotopic (exact) mass is 278 g/mol. The van der Waals surface area contributed by atoms with Gasteiger partial charge in [-0.05, 0) is 41.0 Å². The van der Waals surface area contributed by atoms with Crippen LogP contribution in [0.15, 0.2) is 48.5 Å². The lowest BCUT2D eigenvalue weighted by molar-refractivity contribution is 0.0717. The Labute approximate surface area is 126 Å². The predicted octanol–water partition coefficient (Wildman–Crippen LogP) is 4.74. The summed E-state index contributed by atoms with van der Waals surface area (Å²) in [6, 6.07) is 17.2. The van der Waals surface area contributed by atoms with Gasteiger partial charge in [0.25, 0.3) is 0 Å². The second kappa shape index (κ2) is 5.31. The van der Waals surface area contributed by atoms with E-state index in [1.165, 1.54) is 54.4 Å². The van der Waals surface area contributed by atoms with E-state index < -0.39 is 0 Å². The van der Waals surface area contributed by atoms with E-state index >= 15 is 0 Å². The first-order valence-electron chi connectivity index (χ1n) is 8.22. The van der Waals surface area contributed by atoms with Crippen molar-refractivity contribution in [1.82, 2.24) is 0 Å². The second-order valence-corrected chi connectivity index (χ2v) is 6.54. The van der Waals surface area contributed by atoms with E-state index in [9.17, 15) is 5.11 Å². The molecule has 2 aromatic rings. The lowest BCUT2D eigenvalue weighted by atomic mass is 9.77. The van der Waals surface area contributed by atoms with Crippen molar-refractivity contribution < 1.29 is 5.11 Å². The van der Waals surface area contributed by atoms with Crippen molar-refractivity contribution >= 4 is 0 Å². The number of hydrogen-bond acceptors (Lipinski definition) is 1. The summed E-state index contributed by atoms with van der Waals surface area (Å²) < 4.78 is 0. The Morgan fingerprint density at radius 2 is 1.29 bits per heavy atom. The highest BCUT2D eigenvalue weighted by Crippen LogP contribution is 2.48. The largest absolute Gasteiger partial charge is 0.392 e. The van der Waals surface area contributed by atoms with Crippen LogP contribution in [0.3, 0.4) is 0 Å². The van der Waals surface area contributed by atoms with E-state index in [0.717, 1.165) is 0 Å². The molecule has 2 aliphatic carbocycles. The van der Waals surface area contributed by atoms with Gasteiger partial charge in [0.2, 0.25) is 0 Å². The molecule has 0 spiro atoms. The number of rotatable bonds is 2. The van der Waals surface area contributed by atoms with E-state index in [0.29, 0.717) is 5.92 Å².